The summed E-state index contributed by atoms with van der Waals surface area (Å²) in [7, 11) is 0. The first kappa shape index (κ1) is 8.66. The number of pyridine rings is 1. The standard InChI is InChI=1S/C10H14N2O/c13-8-10(4-1-5-12-10)9-2-6-11-7-3-9/h2-3,6-7,12-13H,1,4-5,8H2. The molecule has 0 amide bonds. The molecular formula is C10H14N2O. The van der Waals surface area contributed by atoms with E-state index in [-0.39, 0.29) is 12.1 Å². The Morgan fingerprint density at radius 1 is 1.46 bits per heavy atom. The van der Waals surface area contributed by atoms with E-state index < -0.39 is 0 Å². The molecule has 1 aromatic rings. The highest BCUT2D eigenvalue weighted by Crippen LogP contribution is 2.29. The van der Waals surface area contributed by atoms with Gasteiger partial charge in [-0.3, -0.25) is 4.98 Å². The fourth-order valence-electron chi connectivity index (χ4n) is 1.95. The topological polar surface area (TPSA) is 45.2 Å². The number of nitrogens with one attached hydrogen (secondary N) is 1. The van der Waals surface area contributed by atoms with E-state index in [4.69, 9.17) is 0 Å². The lowest BCUT2D eigenvalue weighted by molar-refractivity contribution is 0.178. The summed E-state index contributed by atoms with van der Waals surface area (Å²) in [4.78, 5) is 3.97. The van der Waals surface area contributed by atoms with E-state index in [0.717, 1.165) is 24.9 Å². The number of hydrogen-bond donors (Lipinski definition) is 2. The van der Waals surface area contributed by atoms with E-state index in [1.807, 2.05) is 12.1 Å². The molecule has 0 radical (unpaired) electrons. The monoisotopic (exact) mass is 178 g/mol. The van der Waals surface area contributed by atoms with Gasteiger partial charge in [0, 0.05) is 12.4 Å². The number of aromatic nitrogens is 1. The maximum Gasteiger partial charge on any atom is 0.0670 e. The van der Waals surface area contributed by atoms with E-state index in [1.54, 1.807) is 12.4 Å². The Morgan fingerprint density at radius 3 is 2.77 bits per heavy atom. The summed E-state index contributed by atoms with van der Waals surface area (Å²) in [5.74, 6) is 0. The van der Waals surface area contributed by atoms with Crippen molar-refractivity contribution >= 4 is 0 Å². The van der Waals surface area contributed by atoms with Crippen LogP contribution in [-0.4, -0.2) is 23.2 Å². The summed E-state index contributed by atoms with van der Waals surface area (Å²) in [5.41, 5.74) is 0.936. The first-order chi connectivity index (χ1) is 6.37. The van der Waals surface area contributed by atoms with Gasteiger partial charge in [-0.15, -0.1) is 0 Å². The van der Waals surface area contributed by atoms with Crippen LogP contribution in [0, 0.1) is 0 Å². The number of aliphatic hydroxyl groups is 1. The zero-order valence-electron chi connectivity index (χ0n) is 7.53. The molecule has 13 heavy (non-hydrogen) atoms. The van der Waals surface area contributed by atoms with Crippen LogP contribution in [0.3, 0.4) is 0 Å². The third-order valence-corrected chi connectivity index (χ3v) is 2.75. The molecule has 1 aromatic heterocycles. The zero-order valence-corrected chi connectivity index (χ0v) is 7.53. The van der Waals surface area contributed by atoms with Crippen LogP contribution in [0.5, 0.6) is 0 Å². The van der Waals surface area contributed by atoms with Crippen LogP contribution in [0.15, 0.2) is 24.5 Å². The number of rotatable bonds is 2. The Labute approximate surface area is 77.8 Å². The maximum atomic E-state index is 9.39. The van der Waals surface area contributed by atoms with Gasteiger partial charge in [0.25, 0.3) is 0 Å². The second-order valence-corrected chi connectivity index (χ2v) is 3.51. The van der Waals surface area contributed by atoms with Crippen LogP contribution >= 0.6 is 0 Å². The van der Waals surface area contributed by atoms with Crippen molar-refractivity contribution in [2.45, 2.75) is 18.4 Å². The van der Waals surface area contributed by atoms with Crippen molar-refractivity contribution in [1.29, 1.82) is 0 Å². The van der Waals surface area contributed by atoms with Crippen molar-refractivity contribution in [2.24, 2.45) is 0 Å². The van der Waals surface area contributed by atoms with Crippen molar-refractivity contribution in [3.63, 3.8) is 0 Å². The van der Waals surface area contributed by atoms with Crippen LogP contribution in [0.1, 0.15) is 18.4 Å². The van der Waals surface area contributed by atoms with Crippen molar-refractivity contribution in [3.05, 3.63) is 30.1 Å². The van der Waals surface area contributed by atoms with Crippen LogP contribution in [-0.2, 0) is 5.54 Å². The number of hydrogen-bond acceptors (Lipinski definition) is 3. The molecule has 0 spiro atoms. The largest absolute Gasteiger partial charge is 0.394 e. The van der Waals surface area contributed by atoms with Gasteiger partial charge in [-0.25, -0.2) is 0 Å². The van der Waals surface area contributed by atoms with Crippen molar-refractivity contribution in [2.75, 3.05) is 13.2 Å². The van der Waals surface area contributed by atoms with E-state index in [0.29, 0.717) is 0 Å². The molecule has 0 bridgehead atoms. The molecule has 2 N–H and O–H groups in total. The number of aliphatic hydroxyl groups excluding tert-OH is 1. The Kier molecular flexibility index (Phi) is 2.29. The van der Waals surface area contributed by atoms with Crippen molar-refractivity contribution in [3.8, 4) is 0 Å². The van der Waals surface area contributed by atoms with Gasteiger partial charge in [0.15, 0.2) is 0 Å². The van der Waals surface area contributed by atoms with E-state index in [1.165, 1.54) is 0 Å². The second kappa shape index (κ2) is 3.44. The molecule has 1 atom stereocenters. The van der Waals surface area contributed by atoms with Gasteiger partial charge < -0.3 is 10.4 Å². The van der Waals surface area contributed by atoms with Gasteiger partial charge in [0.1, 0.15) is 0 Å². The lowest BCUT2D eigenvalue weighted by Crippen LogP contribution is -2.40. The van der Waals surface area contributed by atoms with Crippen LogP contribution in [0.4, 0.5) is 0 Å². The molecule has 2 heterocycles. The van der Waals surface area contributed by atoms with Gasteiger partial charge >= 0.3 is 0 Å². The summed E-state index contributed by atoms with van der Waals surface area (Å²) < 4.78 is 0. The highest BCUT2D eigenvalue weighted by molar-refractivity contribution is 5.23. The quantitative estimate of drug-likeness (QED) is 0.699. The van der Waals surface area contributed by atoms with E-state index in [9.17, 15) is 5.11 Å². The minimum absolute atomic E-state index is 0.164. The van der Waals surface area contributed by atoms with Crippen molar-refractivity contribution in [1.82, 2.24) is 10.3 Å². The molecule has 1 aliphatic heterocycles. The molecule has 0 aromatic carbocycles. The first-order valence-electron chi connectivity index (χ1n) is 4.64. The molecule has 3 heteroatoms. The van der Waals surface area contributed by atoms with Gasteiger partial charge in [-0.1, -0.05) is 0 Å². The lowest BCUT2D eigenvalue weighted by atomic mass is 9.90. The summed E-state index contributed by atoms with van der Waals surface area (Å²) in [6.45, 7) is 1.15. The predicted molar refractivity (Wildman–Crippen MR) is 50.2 cm³/mol. The molecule has 1 unspecified atom stereocenters. The molecule has 0 saturated carbocycles. The zero-order chi connectivity index (χ0) is 9.15. The summed E-state index contributed by atoms with van der Waals surface area (Å²) in [5, 5.41) is 12.7. The predicted octanol–water partition coefficient (Wildman–Crippen LogP) is 0.653. The van der Waals surface area contributed by atoms with Crippen LogP contribution in [0.25, 0.3) is 0 Å². The van der Waals surface area contributed by atoms with Gasteiger partial charge in [-0.2, -0.15) is 0 Å². The lowest BCUT2D eigenvalue weighted by Gasteiger charge is -2.27. The Morgan fingerprint density at radius 2 is 2.23 bits per heavy atom. The highest BCUT2D eigenvalue weighted by atomic mass is 16.3. The normalized spacial score (nSPS) is 27.8. The Balaban J connectivity index is 2.31. The molecule has 2 rings (SSSR count). The molecule has 0 aliphatic carbocycles. The van der Waals surface area contributed by atoms with Gasteiger partial charge in [-0.05, 0) is 37.1 Å². The third kappa shape index (κ3) is 1.45. The summed E-state index contributed by atoms with van der Waals surface area (Å²) in [6.07, 6.45) is 5.68. The first-order valence-corrected chi connectivity index (χ1v) is 4.64. The average Bonchev–Trinajstić information content (AvgIpc) is 2.69. The Bertz CT molecular complexity index is 268. The third-order valence-electron chi connectivity index (χ3n) is 2.75. The van der Waals surface area contributed by atoms with E-state index >= 15 is 0 Å². The maximum absolute atomic E-state index is 9.39. The SMILES string of the molecule is OCC1(c2ccncc2)CCCN1. The minimum Gasteiger partial charge on any atom is -0.394 e. The summed E-state index contributed by atoms with van der Waals surface area (Å²) >= 11 is 0. The molecule has 3 nitrogen and oxygen atoms in total. The van der Waals surface area contributed by atoms with Crippen LogP contribution in [0.2, 0.25) is 0 Å². The van der Waals surface area contributed by atoms with Crippen LogP contribution < -0.4 is 5.32 Å². The minimum atomic E-state index is -0.205. The number of nitrogens with zero attached hydrogens (tertiary/aromatic N) is 1. The molecule has 1 saturated heterocycles. The fourth-order valence-corrected chi connectivity index (χ4v) is 1.95. The fraction of sp³-hybridized carbons (Fsp3) is 0.500. The van der Waals surface area contributed by atoms with Gasteiger partial charge in [0.05, 0.1) is 12.1 Å². The molecular weight excluding hydrogens is 164 g/mol. The smallest absolute Gasteiger partial charge is 0.0670 e. The highest BCUT2D eigenvalue weighted by Gasteiger charge is 2.34. The van der Waals surface area contributed by atoms with Gasteiger partial charge in [0.2, 0.25) is 0 Å². The van der Waals surface area contributed by atoms with E-state index in [2.05, 4.69) is 10.3 Å². The Hall–Kier alpha value is -0.930. The van der Waals surface area contributed by atoms with Crippen molar-refractivity contribution < 1.29 is 5.11 Å². The average molecular weight is 178 g/mol. The molecule has 70 valence electrons. The second-order valence-electron chi connectivity index (χ2n) is 3.51. The molecule has 1 fully saturated rings. The molecule has 1 aliphatic rings. The summed E-state index contributed by atoms with van der Waals surface area (Å²) in [6, 6.07) is 3.93.